The summed E-state index contributed by atoms with van der Waals surface area (Å²) < 4.78 is 11.8. The van der Waals surface area contributed by atoms with Crippen LogP contribution in [0.15, 0.2) is 24.5 Å². The van der Waals surface area contributed by atoms with Gasteiger partial charge in [-0.15, -0.1) is 0 Å². The summed E-state index contributed by atoms with van der Waals surface area (Å²) >= 11 is 0. The first-order chi connectivity index (χ1) is 16.7. The number of piperazine rings is 1. The number of piperidine rings is 1. The van der Waals surface area contributed by atoms with Crippen molar-refractivity contribution in [1.82, 2.24) is 19.8 Å². The Balaban J connectivity index is 1.29. The molecule has 0 radical (unpaired) electrons. The molecule has 0 bridgehead atoms. The van der Waals surface area contributed by atoms with E-state index in [9.17, 15) is 10.1 Å². The summed E-state index contributed by atoms with van der Waals surface area (Å²) in [6.07, 6.45) is 4.22. The first kappa shape index (κ1) is 25.1. The van der Waals surface area contributed by atoms with Gasteiger partial charge in [0.1, 0.15) is 22.7 Å². The highest BCUT2D eigenvalue weighted by Crippen LogP contribution is 2.30. The minimum atomic E-state index is -0.469. The van der Waals surface area contributed by atoms with Gasteiger partial charge in [0.25, 0.3) is 0 Å². The fraction of sp³-hybridized carbons (Fsp3) is 0.615. The third-order valence-electron chi connectivity index (χ3n) is 6.47. The molecule has 0 aliphatic carbocycles. The maximum absolute atomic E-state index is 12.3. The summed E-state index contributed by atoms with van der Waals surface area (Å²) in [4.78, 5) is 27.6. The van der Waals surface area contributed by atoms with E-state index >= 15 is 0 Å². The first-order valence-electron chi connectivity index (χ1n) is 12.4. The van der Waals surface area contributed by atoms with E-state index < -0.39 is 5.60 Å². The summed E-state index contributed by atoms with van der Waals surface area (Å²) in [6.45, 7) is 14.1. The van der Waals surface area contributed by atoms with Gasteiger partial charge in [0.2, 0.25) is 0 Å². The SMILES string of the molecule is C[C@@H]1C[C@H](OCCN2CCN(C(=O)OC(C)(C)C)CC2)CN(c2ccc(C#N)c3nccnc23)C1. The van der Waals surface area contributed by atoms with Crippen LogP contribution in [0.25, 0.3) is 11.0 Å². The Morgan fingerprint density at radius 3 is 2.51 bits per heavy atom. The van der Waals surface area contributed by atoms with Crippen LogP contribution in [0.5, 0.6) is 0 Å². The first-order valence-corrected chi connectivity index (χ1v) is 12.4. The predicted molar refractivity (Wildman–Crippen MR) is 134 cm³/mol. The third kappa shape index (κ3) is 6.38. The fourth-order valence-corrected chi connectivity index (χ4v) is 4.83. The molecule has 188 valence electrons. The Morgan fingerprint density at radius 1 is 1.11 bits per heavy atom. The summed E-state index contributed by atoms with van der Waals surface area (Å²) in [5.74, 6) is 0.480. The predicted octanol–water partition coefficient (Wildman–Crippen LogP) is 3.29. The lowest BCUT2D eigenvalue weighted by Crippen LogP contribution is -2.51. The molecule has 0 spiro atoms. The van der Waals surface area contributed by atoms with Crippen LogP contribution in [0.2, 0.25) is 0 Å². The summed E-state index contributed by atoms with van der Waals surface area (Å²) in [5.41, 5.74) is 2.49. The number of hydrogen-bond acceptors (Lipinski definition) is 8. The van der Waals surface area contributed by atoms with E-state index in [4.69, 9.17) is 9.47 Å². The van der Waals surface area contributed by atoms with Crippen molar-refractivity contribution in [2.75, 3.05) is 57.3 Å². The van der Waals surface area contributed by atoms with Crippen LogP contribution in [-0.4, -0.2) is 90.0 Å². The molecule has 0 unspecified atom stereocenters. The fourth-order valence-electron chi connectivity index (χ4n) is 4.83. The second-order valence-corrected chi connectivity index (χ2v) is 10.5. The number of nitriles is 1. The van der Waals surface area contributed by atoms with Gasteiger partial charge in [-0.05, 0) is 45.2 Å². The molecule has 1 aromatic heterocycles. The highest BCUT2D eigenvalue weighted by Gasteiger charge is 2.28. The van der Waals surface area contributed by atoms with Gasteiger partial charge < -0.3 is 19.3 Å². The molecule has 1 amide bonds. The molecule has 2 fully saturated rings. The number of rotatable bonds is 5. The largest absolute Gasteiger partial charge is 0.444 e. The molecule has 9 nitrogen and oxygen atoms in total. The number of aromatic nitrogens is 2. The Labute approximate surface area is 207 Å². The quantitative estimate of drug-likeness (QED) is 0.644. The number of amides is 1. The minimum absolute atomic E-state index is 0.129. The van der Waals surface area contributed by atoms with Crippen molar-refractivity contribution in [2.45, 2.75) is 45.8 Å². The van der Waals surface area contributed by atoms with Gasteiger partial charge >= 0.3 is 6.09 Å². The number of anilines is 1. The van der Waals surface area contributed by atoms with Crippen molar-refractivity contribution >= 4 is 22.8 Å². The van der Waals surface area contributed by atoms with Gasteiger partial charge in [0, 0.05) is 58.2 Å². The van der Waals surface area contributed by atoms with Crippen molar-refractivity contribution in [3.8, 4) is 6.07 Å². The maximum atomic E-state index is 12.3. The number of nitrogens with zero attached hydrogens (tertiary/aromatic N) is 6. The number of ether oxygens (including phenoxy) is 2. The molecule has 2 aromatic rings. The lowest BCUT2D eigenvalue weighted by Gasteiger charge is -2.39. The minimum Gasteiger partial charge on any atom is -0.444 e. The number of carbonyl (C=O) groups excluding carboxylic acids is 1. The zero-order valence-electron chi connectivity index (χ0n) is 21.2. The molecule has 2 aliphatic rings. The summed E-state index contributed by atoms with van der Waals surface area (Å²) in [5, 5.41) is 9.43. The lowest BCUT2D eigenvalue weighted by atomic mass is 9.96. The monoisotopic (exact) mass is 480 g/mol. The van der Waals surface area contributed by atoms with Crippen LogP contribution in [0.1, 0.15) is 39.7 Å². The molecule has 35 heavy (non-hydrogen) atoms. The van der Waals surface area contributed by atoms with Crippen LogP contribution in [0.4, 0.5) is 10.5 Å². The summed E-state index contributed by atoms with van der Waals surface area (Å²) in [6, 6.07) is 6.03. The molecule has 0 N–H and O–H groups in total. The summed E-state index contributed by atoms with van der Waals surface area (Å²) in [7, 11) is 0. The van der Waals surface area contributed by atoms with E-state index in [1.54, 1.807) is 17.3 Å². The maximum Gasteiger partial charge on any atom is 0.410 e. The normalized spacial score (nSPS) is 21.7. The van der Waals surface area contributed by atoms with Gasteiger partial charge in [-0.2, -0.15) is 5.26 Å². The topological polar surface area (TPSA) is 94.8 Å². The van der Waals surface area contributed by atoms with E-state index in [2.05, 4.69) is 32.8 Å². The molecule has 2 atom stereocenters. The zero-order valence-corrected chi connectivity index (χ0v) is 21.2. The van der Waals surface area contributed by atoms with E-state index in [1.807, 2.05) is 32.9 Å². The third-order valence-corrected chi connectivity index (χ3v) is 6.47. The van der Waals surface area contributed by atoms with E-state index in [1.165, 1.54) is 0 Å². The van der Waals surface area contributed by atoms with Crippen molar-refractivity contribution in [2.24, 2.45) is 5.92 Å². The van der Waals surface area contributed by atoms with Crippen LogP contribution < -0.4 is 4.90 Å². The number of carbonyl (C=O) groups is 1. The Morgan fingerprint density at radius 2 is 1.83 bits per heavy atom. The standard InChI is InChI=1S/C26H36N6O3/c1-19-15-21(34-14-13-30-9-11-31(12-10-30)25(33)35-26(2,3)4)18-32(17-19)22-6-5-20(16-27)23-24(22)29-8-7-28-23/h5-8,19,21H,9-15,17-18H2,1-4H3/t19-,21+/m1/s1. The van der Waals surface area contributed by atoms with Gasteiger partial charge in [0.15, 0.2) is 0 Å². The molecule has 4 rings (SSSR count). The lowest BCUT2D eigenvalue weighted by molar-refractivity contribution is 0.000875. The molecule has 2 saturated heterocycles. The molecule has 3 heterocycles. The van der Waals surface area contributed by atoms with Crippen LogP contribution in [0.3, 0.4) is 0 Å². The molecule has 1 aromatic carbocycles. The van der Waals surface area contributed by atoms with Crippen molar-refractivity contribution in [3.63, 3.8) is 0 Å². The second kappa shape index (κ2) is 10.8. The molecule has 0 saturated carbocycles. The van der Waals surface area contributed by atoms with E-state index in [-0.39, 0.29) is 12.2 Å². The van der Waals surface area contributed by atoms with Gasteiger partial charge in [0.05, 0.1) is 24.0 Å². The van der Waals surface area contributed by atoms with Crippen molar-refractivity contribution in [3.05, 3.63) is 30.1 Å². The smallest absolute Gasteiger partial charge is 0.410 e. The number of benzene rings is 1. The van der Waals surface area contributed by atoms with Crippen molar-refractivity contribution in [1.29, 1.82) is 5.26 Å². The van der Waals surface area contributed by atoms with E-state index in [0.29, 0.717) is 36.7 Å². The number of hydrogen-bond donors (Lipinski definition) is 0. The van der Waals surface area contributed by atoms with Crippen LogP contribution >= 0.6 is 0 Å². The molecule has 9 heteroatoms. The Kier molecular flexibility index (Phi) is 7.72. The van der Waals surface area contributed by atoms with Gasteiger partial charge in [-0.25, -0.2) is 4.79 Å². The van der Waals surface area contributed by atoms with E-state index in [0.717, 1.165) is 50.3 Å². The number of fused-ring (bicyclic) bond motifs is 1. The van der Waals surface area contributed by atoms with Crippen LogP contribution in [0, 0.1) is 17.2 Å². The van der Waals surface area contributed by atoms with Crippen LogP contribution in [-0.2, 0) is 9.47 Å². The average molecular weight is 481 g/mol. The average Bonchev–Trinajstić information content (AvgIpc) is 2.82. The molecular formula is C26H36N6O3. The van der Waals surface area contributed by atoms with Gasteiger partial charge in [-0.1, -0.05) is 6.92 Å². The van der Waals surface area contributed by atoms with Gasteiger partial charge in [-0.3, -0.25) is 14.9 Å². The Hall–Kier alpha value is -2.96. The molecular weight excluding hydrogens is 444 g/mol. The van der Waals surface area contributed by atoms with Crippen molar-refractivity contribution < 1.29 is 14.3 Å². The second-order valence-electron chi connectivity index (χ2n) is 10.5. The molecule has 2 aliphatic heterocycles. The zero-order chi connectivity index (χ0) is 25.0. The Bertz CT molecular complexity index is 1070. The highest BCUT2D eigenvalue weighted by atomic mass is 16.6. The highest BCUT2D eigenvalue weighted by molar-refractivity contribution is 5.92.